The van der Waals surface area contributed by atoms with E-state index < -0.39 is 0 Å². The van der Waals surface area contributed by atoms with Gasteiger partial charge in [-0.1, -0.05) is 29.3 Å². The molecule has 0 amide bonds. The summed E-state index contributed by atoms with van der Waals surface area (Å²) in [4.78, 5) is 4.10. The monoisotopic (exact) mass is 362 g/mol. The molecule has 0 saturated carbocycles. The summed E-state index contributed by atoms with van der Waals surface area (Å²) in [7, 11) is 0. The molecule has 0 bridgehead atoms. The molecular weight excluding hydrogens is 347 g/mol. The fourth-order valence-corrected chi connectivity index (χ4v) is 1.41. The van der Waals surface area contributed by atoms with Gasteiger partial charge < -0.3 is 20.1 Å². The number of aromatic nitrogens is 2. The Kier molecular flexibility index (Phi) is 16.6. The second-order valence-corrected chi connectivity index (χ2v) is 4.16. The van der Waals surface area contributed by atoms with Crippen LogP contribution in [-0.4, -0.2) is 10.3 Å². The van der Waals surface area contributed by atoms with Crippen molar-refractivity contribution in [1.82, 2.24) is 10.3 Å². The van der Waals surface area contributed by atoms with E-state index >= 15 is 0 Å². The molecule has 0 aliphatic rings. The van der Waals surface area contributed by atoms with Crippen LogP contribution in [-0.2, 0) is 25.3 Å². The van der Waals surface area contributed by atoms with Crippen LogP contribution in [0.4, 0.5) is 0 Å². The van der Waals surface area contributed by atoms with Crippen LogP contribution in [0.5, 0.6) is 0 Å². The van der Waals surface area contributed by atoms with Gasteiger partial charge >= 0.3 is 29.6 Å². The standard InChI is InChI=1S/C6H8ClNO.C6H8N4O.N3.Na/c1-2-5-3-6(4-7)9-8-5;1-2-5-3-6(11-9-5)4-8-10-7;1-3-2;/h3H,2,4H2,1H3;3H,2,4H2,1H3;;/q;;-1;+1. The van der Waals surface area contributed by atoms with Crippen molar-refractivity contribution in [3.05, 3.63) is 61.5 Å². The van der Waals surface area contributed by atoms with Gasteiger partial charge in [-0.15, -0.1) is 11.6 Å². The number of aryl methyl sites for hydroxylation is 2. The fourth-order valence-electron chi connectivity index (χ4n) is 1.28. The van der Waals surface area contributed by atoms with Gasteiger partial charge in [0.1, 0.15) is 5.76 Å². The minimum atomic E-state index is 0. The van der Waals surface area contributed by atoms with Crippen molar-refractivity contribution in [1.29, 1.82) is 0 Å². The van der Waals surface area contributed by atoms with Crippen LogP contribution in [0.3, 0.4) is 0 Å². The average Bonchev–Trinajstić information content (AvgIpc) is 3.23. The van der Waals surface area contributed by atoms with E-state index in [4.69, 9.17) is 37.2 Å². The average molecular weight is 363 g/mol. The minimum absolute atomic E-state index is 0. The summed E-state index contributed by atoms with van der Waals surface area (Å²) in [5.41, 5.74) is 23.3. The van der Waals surface area contributed by atoms with Crippen molar-refractivity contribution in [2.45, 2.75) is 39.1 Å². The van der Waals surface area contributed by atoms with Crippen LogP contribution >= 0.6 is 11.6 Å². The molecule has 0 N–H and O–H groups in total. The van der Waals surface area contributed by atoms with Crippen molar-refractivity contribution in [3.63, 3.8) is 0 Å². The molecule has 0 aliphatic heterocycles. The Bertz CT molecular complexity index is 629. The molecule has 10 nitrogen and oxygen atoms in total. The van der Waals surface area contributed by atoms with Crippen molar-refractivity contribution >= 4 is 11.6 Å². The van der Waals surface area contributed by atoms with Gasteiger partial charge in [0.25, 0.3) is 0 Å². The molecule has 0 saturated heterocycles. The zero-order chi connectivity index (χ0) is 17.5. The third-order valence-corrected chi connectivity index (χ3v) is 2.62. The first-order valence-corrected chi connectivity index (χ1v) is 7.12. The molecule has 0 radical (unpaired) electrons. The zero-order valence-electron chi connectivity index (χ0n) is 13.8. The number of rotatable bonds is 5. The number of halogens is 1. The van der Waals surface area contributed by atoms with Gasteiger partial charge in [-0.3, -0.25) is 4.91 Å². The molecule has 12 heteroatoms. The first kappa shape index (κ1) is 24.6. The molecule has 2 aromatic rings. The van der Waals surface area contributed by atoms with Crippen LogP contribution in [0.15, 0.2) is 26.3 Å². The third-order valence-electron chi connectivity index (χ3n) is 2.36. The summed E-state index contributed by atoms with van der Waals surface area (Å²) in [5, 5.41) is 10.8. The molecule has 0 aliphatic carbocycles. The van der Waals surface area contributed by atoms with Gasteiger partial charge in [-0.2, -0.15) is 0 Å². The first-order chi connectivity index (χ1) is 11.1. The normalized spacial score (nSPS) is 8.29. The molecular formula is C12H16ClN8NaO2. The Morgan fingerprint density at radius 1 is 1.04 bits per heavy atom. The van der Waals surface area contributed by atoms with Crippen molar-refractivity contribution < 1.29 is 38.6 Å². The molecule has 0 spiro atoms. The Balaban J connectivity index is 0. The van der Waals surface area contributed by atoms with E-state index in [0.29, 0.717) is 11.6 Å². The number of alkyl halides is 1. The van der Waals surface area contributed by atoms with Crippen LogP contribution in [0.2, 0.25) is 0 Å². The van der Waals surface area contributed by atoms with Gasteiger partial charge in [-0.05, 0) is 18.4 Å². The van der Waals surface area contributed by atoms with Gasteiger partial charge in [0.05, 0.1) is 23.8 Å². The summed E-state index contributed by atoms with van der Waals surface area (Å²) < 4.78 is 9.67. The molecule has 0 aromatic carbocycles. The molecule has 0 atom stereocenters. The third kappa shape index (κ3) is 11.0. The SMILES string of the molecule is CCc1cc(CCl)on1.CCc1cc(CN=[N+]=[N-])on1.[N-]=[N+]=[N-].[Na+]. The van der Waals surface area contributed by atoms with Gasteiger partial charge in [0.15, 0.2) is 5.76 Å². The predicted octanol–water partition coefficient (Wildman–Crippen LogP) is 1.89. The zero-order valence-corrected chi connectivity index (χ0v) is 16.5. The molecule has 124 valence electrons. The number of hydrogen-bond donors (Lipinski definition) is 0. The Labute approximate surface area is 165 Å². The maximum atomic E-state index is 7.99. The molecule has 2 rings (SSSR count). The number of nitrogens with zero attached hydrogens (tertiary/aromatic N) is 8. The summed E-state index contributed by atoms with van der Waals surface area (Å²) in [6.45, 7) is 4.24. The van der Waals surface area contributed by atoms with Crippen molar-refractivity contribution in [2.24, 2.45) is 5.11 Å². The molecule has 2 aromatic heterocycles. The first-order valence-electron chi connectivity index (χ1n) is 6.59. The second kappa shape index (κ2) is 16.2. The maximum Gasteiger partial charge on any atom is 1.00 e. The van der Waals surface area contributed by atoms with Gasteiger partial charge in [0, 0.05) is 17.0 Å². The molecule has 0 unspecified atom stereocenters. The van der Waals surface area contributed by atoms with E-state index in [2.05, 4.69) is 20.3 Å². The smallest absolute Gasteiger partial charge is 0.373 e. The number of hydrogen-bond acceptors (Lipinski definition) is 5. The molecule has 24 heavy (non-hydrogen) atoms. The van der Waals surface area contributed by atoms with E-state index in [-0.39, 0.29) is 36.1 Å². The van der Waals surface area contributed by atoms with Crippen LogP contribution in [0.25, 0.3) is 26.4 Å². The van der Waals surface area contributed by atoms with Gasteiger partial charge in [0.2, 0.25) is 0 Å². The van der Waals surface area contributed by atoms with E-state index in [1.54, 1.807) is 6.07 Å². The van der Waals surface area contributed by atoms with Crippen LogP contribution in [0.1, 0.15) is 36.8 Å². The van der Waals surface area contributed by atoms with Crippen LogP contribution in [0, 0.1) is 0 Å². The summed E-state index contributed by atoms with van der Waals surface area (Å²) in [6, 6.07) is 3.65. The maximum absolute atomic E-state index is 7.99. The van der Waals surface area contributed by atoms with Crippen LogP contribution < -0.4 is 29.6 Å². The van der Waals surface area contributed by atoms with Crippen molar-refractivity contribution in [2.75, 3.05) is 0 Å². The topological polar surface area (TPSA) is 160 Å². The van der Waals surface area contributed by atoms with Gasteiger partial charge in [-0.25, -0.2) is 0 Å². The molecule has 2 heterocycles. The Hall–Kier alpha value is -1.67. The van der Waals surface area contributed by atoms with E-state index in [0.717, 1.165) is 30.0 Å². The summed E-state index contributed by atoms with van der Waals surface area (Å²) in [5.74, 6) is 1.76. The largest absolute Gasteiger partial charge is 1.00 e. The quantitative estimate of drug-likeness (QED) is 0.261. The van der Waals surface area contributed by atoms with Crippen molar-refractivity contribution in [3.8, 4) is 0 Å². The second-order valence-electron chi connectivity index (χ2n) is 3.89. The number of azide groups is 1. The van der Waals surface area contributed by atoms with E-state index in [1.165, 1.54) is 4.91 Å². The summed E-state index contributed by atoms with van der Waals surface area (Å²) in [6.07, 6.45) is 1.74. The fraction of sp³-hybridized carbons (Fsp3) is 0.500. The Morgan fingerprint density at radius 2 is 1.50 bits per heavy atom. The molecule has 0 fully saturated rings. The summed E-state index contributed by atoms with van der Waals surface area (Å²) >= 11 is 5.46. The minimum Gasteiger partial charge on any atom is -0.373 e. The Morgan fingerprint density at radius 3 is 1.83 bits per heavy atom. The van der Waals surface area contributed by atoms with E-state index in [1.807, 2.05) is 19.9 Å². The predicted molar refractivity (Wildman–Crippen MR) is 84.2 cm³/mol. The van der Waals surface area contributed by atoms with E-state index in [9.17, 15) is 0 Å².